The van der Waals surface area contributed by atoms with Crippen LogP contribution in [0.15, 0.2) is 47.7 Å². The fourth-order valence-electron chi connectivity index (χ4n) is 7.07. The van der Waals surface area contributed by atoms with Crippen molar-refractivity contribution in [3.63, 3.8) is 0 Å². The highest BCUT2D eigenvalue weighted by Gasteiger charge is 2.57. The lowest BCUT2D eigenvalue weighted by Gasteiger charge is -2.43. The minimum atomic E-state index is -1.14. The molecule has 0 saturated carbocycles. The molecule has 1 aliphatic carbocycles. The first-order valence-corrected chi connectivity index (χ1v) is 16.6. The number of carbonyl (C=O) groups excluding carboxylic acids is 2. The van der Waals surface area contributed by atoms with Gasteiger partial charge in [0.15, 0.2) is 11.5 Å². The van der Waals surface area contributed by atoms with Crippen LogP contribution < -0.4 is 4.74 Å². The number of likely N-dealkylation sites (tertiary alicyclic amines) is 1. The fraction of sp³-hybridized carbons (Fsp3) is 0.455. The number of phenolic OH excluding ortho intramolecular Hbond substituents is 1. The molecular weight excluding hydrogens is 706 g/mol. The molecule has 4 N–H and O–H groups in total. The summed E-state index contributed by atoms with van der Waals surface area (Å²) < 4.78 is 12.1. The van der Waals surface area contributed by atoms with Crippen LogP contribution in [0.2, 0.25) is 6.32 Å². The van der Waals surface area contributed by atoms with Gasteiger partial charge >= 0.3 is 13.1 Å². The Morgan fingerprint density at radius 1 is 1.17 bits per heavy atom. The van der Waals surface area contributed by atoms with Crippen molar-refractivity contribution in [2.24, 2.45) is 17.8 Å². The van der Waals surface area contributed by atoms with Crippen molar-refractivity contribution in [1.29, 1.82) is 0 Å². The van der Waals surface area contributed by atoms with E-state index in [4.69, 9.17) is 14.5 Å². The Morgan fingerprint density at radius 3 is 2.67 bits per heavy atom. The number of carboxylic acids is 1. The van der Waals surface area contributed by atoms with Crippen LogP contribution in [0.25, 0.3) is 11.6 Å². The van der Waals surface area contributed by atoms with Gasteiger partial charge in [0.05, 0.1) is 40.9 Å². The number of carbonyl (C=O) groups is 3. The van der Waals surface area contributed by atoms with Crippen molar-refractivity contribution >= 4 is 59.1 Å². The second-order valence-electron chi connectivity index (χ2n) is 12.0. The van der Waals surface area contributed by atoms with E-state index in [2.05, 4.69) is 4.98 Å². The summed E-state index contributed by atoms with van der Waals surface area (Å²) in [6.45, 7) is -0.0567. The lowest BCUT2D eigenvalue weighted by Crippen LogP contribution is -2.46. The fourth-order valence-corrected chi connectivity index (χ4v) is 7.69. The molecule has 2 saturated heterocycles. The van der Waals surface area contributed by atoms with E-state index < -0.39 is 36.9 Å². The van der Waals surface area contributed by atoms with Crippen LogP contribution in [0.5, 0.6) is 11.5 Å². The topological polar surface area (TPSA) is 167 Å². The van der Waals surface area contributed by atoms with Crippen LogP contribution in [-0.4, -0.2) is 81.5 Å². The maximum atomic E-state index is 13.7. The number of halogens is 1. The van der Waals surface area contributed by atoms with E-state index in [0.717, 1.165) is 22.4 Å². The third-order valence-electron chi connectivity index (χ3n) is 9.14. The molecule has 2 aromatic rings. The molecule has 2 aliphatic heterocycles. The molecule has 1 aromatic heterocycles. The minimum Gasteiger partial charge on any atom is -0.504 e. The number of imide groups is 1. The number of aromatic nitrogens is 1. The molecule has 0 unspecified atom stereocenters. The van der Waals surface area contributed by atoms with Gasteiger partial charge in [0, 0.05) is 19.2 Å². The molecule has 13 heteroatoms. The molecule has 2 fully saturated rings. The zero-order valence-corrected chi connectivity index (χ0v) is 27.8. The standard InChI is InChI=1S/C33H38BIN2O9/c1-45-27-15-19(14-24(35)31(27)41)13-20(25-7-4-5-11-36-25)9-10-26-29-21(18-38)16-22-30(23(29)17-34(44)46-26)33(43)37(32(22)42)12-6-2-3-8-28(39)40/h4-5,7,11,13-15,22-23,26,30,38,41,44H,2-3,6,8-10,12,16-18H2,1H3,(H,39,40)/b20-13-/t22-,23+,26-,30-/m1/s1. The summed E-state index contributed by atoms with van der Waals surface area (Å²) >= 11 is 2.05. The quantitative estimate of drug-likeness (QED) is 0.0770. The third-order valence-corrected chi connectivity index (χ3v) is 9.97. The van der Waals surface area contributed by atoms with Crippen LogP contribution in [-0.2, 0) is 19.0 Å². The van der Waals surface area contributed by atoms with E-state index in [0.29, 0.717) is 47.0 Å². The number of allylic oxidation sites excluding steroid dienone is 1. The number of amides is 2. The summed E-state index contributed by atoms with van der Waals surface area (Å²) in [6.07, 6.45) is 6.00. The number of aliphatic hydroxyl groups is 1. The largest absolute Gasteiger partial charge is 0.504 e. The Balaban J connectivity index is 1.39. The molecular formula is C33H38BIN2O9. The Kier molecular flexibility index (Phi) is 11.2. The highest BCUT2D eigenvalue weighted by molar-refractivity contribution is 14.1. The van der Waals surface area contributed by atoms with Crippen molar-refractivity contribution in [1.82, 2.24) is 9.88 Å². The molecule has 0 bridgehead atoms. The van der Waals surface area contributed by atoms with Crippen LogP contribution in [0.3, 0.4) is 0 Å². The van der Waals surface area contributed by atoms with E-state index >= 15 is 0 Å². The van der Waals surface area contributed by atoms with Crippen molar-refractivity contribution in [2.75, 3.05) is 20.3 Å². The van der Waals surface area contributed by atoms with Gasteiger partial charge < -0.3 is 29.7 Å². The number of fused-ring (bicyclic) bond motifs is 3. The van der Waals surface area contributed by atoms with Crippen molar-refractivity contribution < 1.29 is 44.1 Å². The number of aliphatic hydroxyl groups excluding tert-OH is 1. The predicted octanol–water partition coefficient (Wildman–Crippen LogP) is 4.16. The first-order valence-electron chi connectivity index (χ1n) is 15.5. The first-order chi connectivity index (χ1) is 22.1. The first kappa shape index (κ1) is 34.1. The van der Waals surface area contributed by atoms with E-state index in [1.54, 1.807) is 12.3 Å². The number of carboxylic acid groups (broad SMARTS) is 1. The summed E-state index contributed by atoms with van der Waals surface area (Å²) in [5.41, 5.74) is 3.89. The van der Waals surface area contributed by atoms with E-state index in [9.17, 15) is 29.6 Å². The van der Waals surface area contributed by atoms with Crippen LogP contribution in [0.4, 0.5) is 0 Å². The number of methoxy groups -OCH3 is 1. The lowest BCUT2D eigenvalue weighted by atomic mass is 9.58. The van der Waals surface area contributed by atoms with Gasteiger partial charge in [0.2, 0.25) is 11.8 Å². The predicted molar refractivity (Wildman–Crippen MR) is 178 cm³/mol. The second kappa shape index (κ2) is 15.1. The highest BCUT2D eigenvalue weighted by atomic mass is 127. The molecule has 4 atom stereocenters. The van der Waals surface area contributed by atoms with Gasteiger partial charge in [-0.25, -0.2) is 0 Å². The zero-order chi connectivity index (χ0) is 33.0. The number of hydrogen-bond donors (Lipinski definition) is 4. The summed E-state index contributed by atoms with van der Waals surface area (Å²) in [5.74, 6) is -2.71. The Bertz CT molecular complexity index is 1530. The van der Waals surface area contributed by atoms with Crippen LogP contribution in [0.1, 0.15) is 56.2 Å². The normalized spacial score (nSPS) is 23.1. The van der Waals surface area contributed by atoms with Crippen molar-refractivity contribution in [2.45, 2.75) is 57.4 Å². The Labute approximate surface area is 281 Å². The third kappa shape index (κ3) is 7.32. The second-order valence-corrected chi connectivity index (χ2v) is 13.1. The van der Waals surface area contributed by atoms with Gasteiger partial charge in [-0.3, -0.25) is 24.3 Å². The van der Waals surface area contributed by atoms with Crippen molar-refractivity contribution in [3.8, 4) is 11.5 Å². The average molecular weight is 744 g/mol. The molecule has 5 rings (SSSR count). The molecule has 3 heterocycles. The number of nitrogens with zero attached hydrogens (tertiary/aromatic N) is 2. The maximum Gasteiger partial charge on any atom is 0.455 e. The Hall–Kier alpha value is -3.27. The molecule has 0 spiro atoms. The van der Waals surface area contributed by atoms with E-state index in [1.165, 1.54) is 12.0 Å². The van der Waals surface area contributed by atoms with Crippen LogP contribution in [0, 0.1) is 21.3 Å². The maximum absolute atomic E-state index is 13.7. The molecule has 46 heavy (non-hydrogen) atoms. The number of unbranched alkanes of at least 4 members (excludes halogenated alkanes) is 2. The highest BCUT2D eigenvalue weighted by Crippen LogP contribution is 2.50. The molecule has 2 amide bonds. The monoisotopic (exact) mass is 744 g/mol. The van der Waals surface area contributed by atoms with Gasteiger partial charge in [-0.2, -0.15) is 0 Å². The Morgan fingerprint density at radius 2 is 1.98 bits per heavy atom. The number of aliphatic carboxylic acids is 1. The number of benzene rings is 1. The van der Waals surface area contributed by atoms with Gasteiger partial charge in [-0.1, -0.05) is 12.5 Å². The average Bonchev–Trinajstić information content (AvgIpc) is 3.28. The number of rotatable bonds is 13. The molecule has 3 aliphatic rings. The number of ether oxygens (including phenoxy) is 1. The minimum absolute atomic E-state index is 0.0430. The number of aromatic hydroxyl groups is 1. The van der Waals surface area contributed by atoms with E-state index in [1.807, 2.05) is 52.9 Å². The van der Waals surface area contributed by atoms with Gasteiger partial charge in [0.1, 0.15) is 0 Å². The zero-order valence-electron chi connectivity index (χ0n) is 25.6. The van der Waals surface area contributed by atoms with Gasteiger partial charge in [-0.15, -0.1) is 0 Å². The smallest absolute Gasteiger partial charge is 0.455 e. The molecule has 1 aromatic carbocycles. The molecule has 0 radical (unpaired) electrons. The van der Waals surface area contributed by atoms with E-state index in [-0.39, 0.29) is 49.9 Å². The molecule has 244 valence electrons. The SMILES string of the molecule is COc1cc(/C=C(/CC[C@H]2OB(O)C[C@H]3C2=C(CO)C[C@H]2C(=O)N(CCCCCC(=O)O)C(=O)[C@H]23)c2ccccn2)cc(I)c1O. The number of hydrogen-bond acceptors (Lipinski definition) is 9. The van der Waals surface area contributed by atoms with Gasteiger partial charge in [-0.05, 0) is 120 Å². The number of pyridine rings is 1. The summed E-state index contributed by atoms with van der Waals surface area (Å²) in [7, 11) is 0.349. The van der Waals surface area contributed by atoms with Crippen molar-refractivity contribution in [3.05, 3.63) is 62.5 Å². The molecule has 11 nitrogen and oxygen atoms in total. The van der Waals surface area contributed by atoms with Crippen LogP contribution >= 0.6 is 22.6 Å². The number of phenols is 1. The summed E-state index contributed by atoms with van der Waals surface area (Å²) in [6, 6.07) is 9.20. The summed E-state index contributed by atoms with van der Waals surface area (Å²) in [5, 5.41) is 40.5. The lowest BCUT2D eigenvalue weighted by molar-refractivity contribution is -0.141. The summed E-state index contributed by atoms with van der Waals surface area (Å²) in [4.78, 5) is 43.8. The van der Waals surface area contributed by atoms with Gasteiger partial charge in [0.25, 0.3) is 0 Å².